The molecule has 28 heavy (non-hydrogen) atoms. The number of carboxylic acid groups (broad SMARTS) is 1. The molecular weight excluding hydrogens is 356 g/mol. The topological polar surface area (TPSA) is 98.7 Å². The van der Waals surface area contributed by atoms with Gasteiger partial charge < -0.3 is 20.8 Å². The molecule has 0 heterocycles. The summed E-state index contributed by atoms with van der Waals surface area (Å²) in [5.74, 6) is -0.895. The summed E-state index contributed by atoms with van der Waals surface area (Å²) in [6, 6.07) is 16.3. The van der Waals surface area contributed by atoms with Gasteiger partial charge in [-0.15, -0.1) is 0 Å². The highest BCUT2D eigenvalue weighted by molar-refractivity contribution is 5.75. The van der Waals surface area contributed by atoms with E-state index in [1.54, 1.807) is 0 Å². The number of benzene rings is 2. The molecule has 2 aromatic carbocycles. The molecule has 0 saturated heterocycles. The van der Waals surface area contributed by atoms with Gasteiger partial charge in [-0.05, 0) is 42.9 Å². The maximum atomic E-state index is 12.5. The first-order valence-electron chi connectivity index (χ1n) is 9.46. The predicted octanol–water partition coefficient (Wildman–Crippen LogP) is 2.67. The number of carbonyl (C=O) groups excluding carboxylic acids is 1. The van der Waals surface area contributed by atoms with E-state index in [2.05, 4.69) is 10.6 Å². The van der Waals surface area contributed by atoms with Crippen LogP contribution in [0.4, 0.5) is 4.79 Å². The Morgan fingerprint density at radius 2 is 1.57 bits per heavy atom. The van der Waals surface area contributed by atoms with E-state index in [0.717, 1.165) is 16.7 Å². The number of aliphatic hydroxyl groups is 1. The van der Waals surface area contributed by atoms with E-state index in [9.17, 15) is 14.7 Å². The molecule has 0 bridgehead atoms. The SMILES string of the molecule is Cc1ccccc1CC(CO)NC(=O)NC(CCC(=O)O)Cc1ccccc1. The fourth-order valence-electron chi connectivity index (χ4n) is 3.10. The molecule has 0 aliphatic heterocycles. The summed E-state index contributed by atoms with van der Waals surface area (Å²) in [4.78, 5) is 23.4. The van der Waals surface area contributed by atoms with Gasteiger partial charge in [0.2, 0.25) is 0 Å². The van der Waals surface area contributed by atoms with Crippen molar-refractivity contribution in [2.75, 3.05) is 6.61 Å². The van der Waals surface area contributed by atoms with E-state index in [1.807, 2.05) is 61.5 Å². The summed E-state index contributed by atoms with van der Waals surface area (Å²) in [6.45, 7) is 1.81. The molecule has 0 fully saturated rings. The minimum Gasteiger partial charge on any atom is -0.481 e. The number of nitrogens with one attached hydrogen (secondary N) is 2. The molecular formula is C22H28N2O4. The third-order valence-corrected chi connectivity index (χ3v) is 4.65. The van der Waals surface area contributed by atoms with Crippen molar-refractivity contribution in [3.63, 3.8) is 0 Å². The van der Waals surface area contributed by atoms with Crippen LogP contribution in [0.15, 0.2) is 54.6 Å². The summed E-state index contributed by atoms with van der Waals surface area (Å²) < 4.78 is 0. The number of rotatable bonds is 10. The molecule has 0 radical (unpaired) electrons. The normalized spacial score (nSPS) is 12.8. The summed E-state index contributed by atoms with van der Waals surface area (Å²) in [5, 5.41) is 24.3. The van der Waals surface area contributed by atoms with Crippen molar-refractivity contribution >= 4 is 12.0 Å². The fourth-order valence-corrected chi connectivity index (χ4v) is 3.10. The Kier molecular flexibility index (Phi) is 8.49. The molecule has 0 aliphatic carbocycles. The van der Waals surface area contributed by atoms with Gasteiger partial charge >= 0.3 is 12.0 Å². The van der Waals surface area contributed by atoms with Gasteiger partial charge in [0.1, 0.15) is 0 Å². The van der Waals surface area contributed by atoms with E-state index in [0.29, 0.717) is 19.3 Å². The smallest absolute Gasteiger partial charge is 0.315 e. The van der Waals surface area contributed by atoms with Crippen LogP contribution in [0, 0.1) is 6.92 Å². The zero-order valence-corrected chi connectivity index (χ0v) is 16.1. The summed E-state index contributed by atoms with van der Waals surface area (Å²) >= 11 is 0. The summed E-state index contributed by atoms with van der Waals surface area (Å²) in [5.41, 5.74) is 3.19. The van der Waals surface area contributed by atoms with Crippen LogP contribution in [0.25, 0.3) is 0 Å². The lowest BCUT2D eigenvalue weighted by Gasteiger charge is -2.22. The molecule has 2 atom stereocenters. The molecule has 2 rings (SSSR count). The zero-order valence-electron chi connectivity index (χ0n) is 16.1. The number of aliphatic carboxylic acids is 1. The molecule has 0 aromatic heterocycles. The monoisotopic (exact) mass is 384 g/mol. The van der Waals surface area contributed by atoms with E-state index in [4.69, 9.17) is 5.11 Å². The van der Waals surface area contributed by atoms with Crippen LogP contribution in [0.2, 0.25) is 0 Å². The maximum Gasteiger partial charge on any atom is 0.315 e. The fraction of sp³-hybridized carbons (Fsp3) is 0.364. The van der Waals surface area contributed by atoms with E-state index < -0.39 is 18.0 Å². The zero-order chi connectivity index (χ0) is 20.4. The minimum absolute atomic E-state index is 0.0234. The summed E-state index contributed by atoms with van der Waals surface area (Å²) in [6.07, 6.45) is 1.38. The Bertz CT molecular complexity index is 764. The standard InChI is InChI=1S/C22H28N2O4/c1-16-7-5-6-10-18(16)14-20(15-25)24-22(28)23-19(11-12-21(26)27)13-17-8-3-2-4-9-17/h2-10,19-20,25H,11-15H2,1H3,(H,26,27)(H2,23,24,28). The number of amides is 2. The highest BCUT2D eigenvalue weighted by atomic mass is 16.4. The third kappa shape index (κ3) is 7.40. The number of aliphatic hydroxyl groups excluding tert-OH is 1. The van der Waals surface area contributed by atoms with Gasteiger partial charge in [-0.1, -0.05) is 54.6 Å². The molecule has 6 nitrogen and oxygen atoms in total. The number of carboxylic acids is 1. The van der Waals surface area contributed by atoms with Gasteiger partial charge in [-0.2, -0.15) is 0 Å². The molecule has 0 aliphatic rings. The van der Waals surface area contributed by atoms with Crippen molar-refractivity contribution in [1.29, 1.82) is 0 Å². The van der Waals surface area contributed by atoms with Crippen molar-refractivity contribution in [2.45, 2.75) is 44.7 Å². The lowest BCUT2D eigenvalue weighted by molar-refractivity contribution is -0.137. The largest absolute Gasteiger partial charge is 0.481 e. The van der Waals surface area contributed by atoms with Crippen LogP contribution < -0.4 is 10.6 Å². The highest BCUT2D eigenvalue weighted by Crippen LogP contribution is 2.11. The van der Waals surface area contributed by atoms with E-state index >= 15 is 0 Å². The average Bonchev–Trinajstić information content (AvgIpc) is 2.68. The van der Waals surface area contributed by atoms with Crippen LogP contribution in [0.5, 0.6) is 0 Å². The average molecular weight is 384 g/mol. The second-order valence-electron chi connectivity index (χ2n) is 6.95. The van der Waals surface area contributed by atoms with Gasteiger partial charge in [0.15, 0.2) is 0 Å². The van der Waals surface area contributed by atoms with Gasteiger partial charge in [-0.3, -0.25) is 4.79 Å². The first kappa shape index (κ1) is 21.4. The molecule has 0 spiro atoms. The van der Waals surface area contributed by atoms with Crippen LogP contribution in [-0.4, -0.2) is 40.9 Å². The Hall–Kier alpha value is -2.86. The Balaban J connectivity index is 1.96. The lowest BCUT2D eigenvalue weighted by atomic mass is 10.0. The molecule has 4 N–H and O–H groups in total. The van der Waals surface area contributed by atoms with Crippen molar-refractivity contribution in [1.82, 2.24) is 10.6 Å². The molecule has 2 unspecified atom stereocenters. The van der Waals surface area contributed by atoms with Crippen molar-refractivity contribution in [3.05, 3.63) is 71.3 Å². The van der Waals surface area contributed by atoms with Gasteiger partial charge in [0, 0.05) is 12.5 Å². The van der Waals surface area contributed by atoms with Gasteiger partial charge in [-0.25, -0.2) is 4.79 Å². The Labute approximate surface area is 165 Å². The second kappa shape index (κ2) is 11.1. The van der Waals surface area contributed by atoms with Crippen LogP contribution >= 0.6 is 0 Å². The first-order valence-corrected chi connectivity index (χ1v) is 9.46. The van der Waals surface area contributed by atoms with Crippen LogP contribution in [0.1, 0.15) is 29.5 Å². The quantitative estimate of drug-likeness (QED) is 0.506. The number of hydrogen-bond acceptors (Lipinski definition) is 3. The van der Waals surface area contributed by atoms with Gasteiger partial charge in [0.05, 0.1) is 12.6 Å². The highest BCUT2D eigenvalue weighted by Gasteiger charge is 2.18. The van der Waals surface area contributed by atoms with Crippen LogP contribution in [0.3, 0.4) is 0 Å². The van der Waals surface area contributed by atoms with Crippen molar-refractivity contribution < 1.29 is 19.8 Å². The third-order valence-electron chi connectivity index (χ3n) is 4.65. The van der Waals surface area contributed by atoms with E-state index in [1.165, 1.54) is 0 Å². The number of carbonyl (C=O) groups is 2. The number of urea groups is 1. The molecule has 2 aromatic rings. The maximum absolute atomic E-state index is 12.5. The lowest BCUT2D eigenvalue weighted by Crippen LogP contribution is -2.49. The van der Waals surface area contributed by atoms with Crippen molar-refractivity contribution in [3.8, 4) is 0 Å². The second-order valence-corrected chi connectivity index (χ2v) is 6.95. The van der Waals surface area contributed by atoms with E-state index in [-0.39, 0.29) is 19.1 Å². The number of aryl methyl sites for hydroxylation is 1. The predicted molar refractivity (Wildman–Crippen MR) is 108 cm³/mol. The van der Waals surface area contributed by atoms with Crippen LogP contribution in [-0.2, 0) is 17.6 Å². The Morgan fingerprint density at radius 3 is 2.21 bits per heavy atom. The Morgan fingerprint density at radius 1 is 0.929 bits per heavy atom. The molecule has 6 heteroatoms. The molecule has 2 amide bonds. The van der Waals surface area contributed by atoms with Gasteiger partial charge in [0.25, 0.3) is 0 Å². The number of hydrogen-bond donors (Lipinski definition) is 4. The van der Waals surface area contributed by atoms with Crippen molar-refractivity contribution in [2.24, 2.45) is 0 Å². The minimum atomic E-state index is -0.895. The molecule has 150 valence electrons. The molecule has 0 saturated carbocycles. The summed E-state index contributed by atoms with van der Waals surface area (Å²) in [7, 11) is 0. The first-order chi connectivity index (χ1) is 13.5.